The number of fused-ring (bicyclic) bond motifs is 3. The summed E-state index contributed by atoms with van der Waals surface area (Å²) in [5.41, 5.74) is 3.14. The fourth-order valence-electron chi connectivity index (χ4n) is 4.75. The lowest BCUT2D eigenvalue weighted by Crippen LogP contribution is -2.48. The molecule has 1 saturated heterocycles. The number of aromatic nitrogens is 2. The van der Waals surface area contributed by atoms with E-state index in [-0.39, 0.29) is 29.9 Å². The van der Waals surface area contributed by atoms with Gasteiger partial charge in [0.15, 0.2) is 0 Å². The number of nitrogens with one attached hydrogen (secondary N) is 3. The number of aromatic amines is 1. The molecule has 2 bridgehead atoms. The number of nitrogens with zero attached hydrogens (tertiary/aromatic N) is 2. The molecule has 5 rings (SSSR count). The summed E-state index contributed by atoms with van der Waals surface area (Å²) in [6.07, 6.45) is 11.0. The Bertz CT molecular complexity index is 1010. The lowest BCUT2D eigenvalue weighted by atomic mass is 9.93. The molecule has 7 nitrogen and oxygen atoms in total. The molecule has 1 aliphatic carbocycles. The highest BCUT2D eigenvalue weighted by Gasteiger charge is 2.40. The Morgan fingerprint density at radius 3 is 2.90 bits per heavy atom. The van der Waals surface area contributed by atoms with E-state index < -0.39 is 0 Å². The quantitative estimate of drug-likeness (QED) is 0.631. The molecule has 3 amide bonds. The highest BCUT2D eigenvalue weighted by atomic mass is 16.2. The molecule has 0 aromatic carbocycles. The average molecular weight is 408 g/mol. The highest BCUT2D eigenvalue weighted by molar-refractivity contribution is 5.97. The number of anilines is 1. The molecule has 2 atom stereocenters. The Morgan fingerprint density at radius 1 is 1.27 bits per heavy atom. The lowest BCUT2D eigenvalue weighted by molar-refractivity contribution is -0.117. The first-order chi connectivity index (χ1) is 14.6. The fraction of sp³-hybridized carbons (Fsp3) is 0.522. The minimum atomic E-state index is 0.0603. The molecule has 0 spiro atoms. The third kappa shape index (κ3) is 3.57. The number of amides is 3. The Balaban J connectivity index is 1.41. The summed E-state index contributed by atoms with van der Waals surface area (Å²) < 4.78 is 0. The third-order valence-corrected chi connectivity index (χ3v) is 6.51. The number of urea groups is 1. The number of unbranched alkanes of at least 4 members (excludes halogenated alkanes) is 1. The van der Waals surface area contributed by atoms with Crippen LogP contribution in [0.15, 0.2) is 24.4 Å². The standard InChI is InChI=1S/C23H29N5O2/c1-2-3-9-25-23(30)28-16-6-7-17(28)12-15(11-16)19-13-20(27-22(29)14-4-5-14)26-21-18(19)8-10-24-21/h8,10-11,13-14,16-17H,2-7,9,12H2,1H3,(H,25,30)(H2,24,26,27,29). The van der Waals surface area contributed by atoms with Crippen molar-refractivity contribution in [3.05, 3.63) is 30.0 Å². The van der Waals surface area contributed by atoms with E-state index in [1.807, 2.05) is 23.2 Å². The summed E-state index contributed by atoms with van der Waals surface area (Å²) >= 11 is 0. The first kappa shape index (κ1) is 19.2. The van der Waals surface area contributed by atoms with Gasteiger partial charge in [0.25, 0.3) is 0 Å². The molecular formula is C23H29N5O2. The van der Waals surface area contributed by atoms with Crippen LogP contribution in [0.1, 0.15) is 57.4 Å². The largest absolute Gasteiger partial charge is 0.346 e. The van der Waals surface area contributed by atoms with Gasteiger partial charge in [-0.3, -0.25) is 4.79 Å². The van der Waals surface area contributed by atoms with Crippen molar-refractivity contribution < 1.29 is 9.59 Å². The van der Waals surface area contributed by atoms with Crippen molar-refractivity contribution in [2.45, 2.75) is 64.0 Å². The van der Waals surface area contributed by atoms with E-state index in [0.29, 0.717) is 5.82 Å². The minimum absolute atomic E-state index is 0.0603. The molecule has 2 aliphatic heterocycles. The molecule has 2 fully saturated rings. The maximum atomic E-state index is 12.7. The second-order valence-electron chi connectivity index (χ2n) is 8.75. The van der Waals surface area contributed by atoms with Gasteiger partial charge in [0.2, 0.25) is 5.91 Å². The van der Waals surface area contributed by atoms with Crippen LogP contribution in [0.5, 0.6) is 0 Å². The molecule has 2 unspecified atom stereocenters. The second kappa shape index (κ2) is 7.78. The molecule has 4 heterocycles. The Morgan fingerprint density at radius 2 is 2.13 bits per heavy atom. The molecule has 1 saturated carbocycles. The maximum Gasteiger partial charge on any atom is 0.318 e. The first-order valence-electron chi connectivity index (χ1n) is 11.2. The zero-order valence-corrected chi connectivity index (χ0v) is 17.4. The van der Waals surface area contributed by atoms with Crippen LogP contribution in [0.4, 0.5) is 10.6 Å². The van der Waals surface area contributed by atoms with Gasteiger partial charge < -0.3 is 20.5 Å². The molecule has 2 aromatic heterocycles. The van der Waals surface area contributed by atoms with Crippen molar-refractivity contribution in [2.24, 2.45) is 5.92 Å². The van der Waals surface area contributed by atoms with Crippen LogP contribution >= 0.6 is 0 Å². The summed E-state index contributed by atoms with van der Waals surface area (Å²) in [6.45, 7) is 2.86. The lowest BCUT2D eigenvalue weighted by Gasteiger charge is -2.34. The van der Waals surface area contributed by atoms with Crippen molar-refractivity contribution in [1.82, 2.24) is 20.2 Å². The number of hydrogen-bond donors (Lipinski definition) is 3. The number of hydrogen-bond acceptors (Lipinski definition) is 3. The van der Waals surface area contributed by atoms with Crippen molar-refractivity contribution in [3.63, 3.8) is 0 Å². The number of carbonyl (C=O) groups excluding carboxylic acids is 2. The van der Waals surface area contributed by atoms with Crippen LogP contribution in [0, 0.1) is 5.92 Å². The first-order valence-corrected chi connectivity index (χ1v) is 11.2. The molecule has 2 aromatic rings. The summed E-state index contributed by atoms with van der Waals surface area (Å²) in [7, 11) is 0. The van der Waals surface area contributed by atoms with Crippen LogP contribution in [0.3, 0.4) is 0 Å². The van der Waals surface area contributed by atoms with Crippen molar-refractivity contribution in [1.29, 1.82) is 0 Å². The number of H-pyrrole nitrogens is 1. The van der Waals surface area contributed by atoms with Crippen LogP contribution < -0.4 is 10.6 Å². The molecule has 0 radical (unpaired) electrons. The fourth-order valence-corrected chi connectivity index (χ4v) is 4.75. The predicted molar refractivity (Wildman–Crippen MR) is 117 cm³/mol. The van der Waals surface area contributed by atoms with Gasteiger partial charge in [-0.05, 0) is 61.8 Å². The van der Waals surface area contributed by atoms with Gasteiger partial charge >= 0.3 is 6.03 Å². The van der Waals surface area contributed by atoms with Crippen molar-refractivity contribution in [3.8, 4) is 0 Å². The summed E-state index contributed by atoms with van der Waals surface area (Å²) in [6, 6.07) is 4.45. The third-order valence-electron chi connectivity index (χ3n) is 6.51. The van der Waals surface area contributed by atoms with Gasteiger partial charge in [0.1, 0.15) is 11.5 Å². The number of pyridine rings is 1. The van der Waals surface area contributed by atoms with Gasteiger partial charge in [0.05, 0.1) is 6.04 Å². The maximum absolute atomic E-state index is 12.7. The molecular weight excluding hydrogens is 378 g/mol. The normalized spacial score (nSPS) is 22.8. The van der Waals surface area contributed by atoms with Crippen LogP contribution in [-0.4, -0.2) is 45.4 Å². The van der Waals surface area contributed by atoms with Crippen molar-refractivity contribution >= 4 is 34.4 Å². The van der Waals surface area contributed by atoms with E-state index in [1.54, 1.807) is 0 Å². The van der Waals surface area contributed by atoms with Gasteiger partial charge in [-0.25, -0.2) is 9.78 Å². The van der Waals surface area contributed by atoms with E-state index in [9.17, 15) is 9.59 Å². The predicted octanol–water partition coefficient (Wildman–Crippen LogP) is 4.04. The van der Waals surface area contributed by atoms with Gasteiger partial charge in [-0.15, -0.1) is 0 Å². The van der Waals surface area contributed by atoms with Gasteiger partial charge in [0, 0.05) is 30.1 Å². The van der Waals surface area contributed by atoms with Crippen LogP contribution in [0.2, 0.25) is 0 Å². The molecule has 3 N–H and O–H groups in total. The molecule has 30 heavy (non-hydrogen) atoms. The Hall–Kier alpha value is -2.83. The van der Waals surface area contributed by atoms with E-state index >= 15 is 0 Å². The molecule has 158 valence electrons. The second-order valence-corrected chi connectivity index (χ2v) is 8.75. The monoisotopic (exact) mass is 407 g/mol. The topological polar surface area (TPSA) is 90.1 Å². The minimum Gasteiger partial charge on any atom is -0.346 e. The van der Waals surface area contributed by atoms with E-state index in [4.69, 9.17) is 0 Å². The number of rotatable bonds is 6. The average Bonchev–Trinajstić information content (AvgIpc) is 3.43. The van der Waals surface area contributed by atoms with Gasteiger partial charge in [-0.1, -0.05) is 19.4 Å². The zero-order valence-electron chi connectivity index (χ0n) is 17.4. The summed E-state index contributed by atoms with van der Waals surface area (Å²) in [5.74, 6) is 0.802. The summed E-state index contributed by atoms with van der Waals surface area (Å²) in [4.78, 5) is 34.8. The zero-order chi connectivity index (χ0) is 20.7. The number of carbonyl (C=O) groups is 2. The van der Waals surface area contributed by atoms with E-state index in [0.717, 1.165) is 68.1 Å². The van der Waals surface area contributed by atoms with Crippen LogP contribution in [-0.2, 0) is 4.79 Å². The molecule has 3 aliphatic rings. The van der Waals surface area contributed by atoms with E-state index in [2.05, 4.69) is 33.6 Å². The van der Waals surface area contributed by atoms with Crippen molar-refractivity contribution in [2.75, 3.05) is 11.9 Å². The summed E-state index contributed by atoms with van der Waals surface area (Å²) in [5, 5.41) is 7.12. The Labute approximate surface area is 176 Å². The van der Waals surface area contributed by atoms with Crippen LogP contribution in [0.25, 0.3) is 16.6 Å². The molecule has 7 heteroatoms. The van der Waals surface area contributed by atoms with Gasteiger partial charge in [-0.2, -0.15) is 0 Å². The SMILES string of the molecule is CCCCNC(=O)N1C2C=C(c3cc(NC(=O)C4CC4)nc4[nH]ccc34)CC1CC2. The Kier molecular flexibility index (Phi) is 4.97. The van der Waals surface area contributed by atoms with E-state index in [1.165, 1.54) is 5.57 Å². The smallest absolute Gasteiger partial charge is 0.318 e. The highest BCUT2D eigenvalue weighted by Crippen LogP contribution is 2.41.